The number of ether oxygens (including phenoxy) is 1. The first-order chi connectivity index (χ1) is 12.6. The van der Waals surface area contributed by atoms with Crippen LogP contribution in [0.3, 0.4) is 0 Å². The fraction of sp³-hybridized carbons (Fsp3) is 0.550. The van der Waals surface area contributed by atoms with Crippen LogP contribution in [0.2, 0.25) is 0 Å². The van der Waals surface area contributed by atoms with E-state index in [9.17, 15) is 14.4 Å². The molecule has 1 aliphatic rings. The van der Waals surface area contributed by atoms with Crippen molar-refractivity contribution in [1.82, 2.24) is 10.6 Å². The lowest BCUT2D eigenvalue weighted by Gasteiger charge is -2.21. The first kappa shape index (κ1) is 19.9. The van der Waals surface area contributed by atoms with E-state index in [4.69, 9.17) is 4.74 Å². The summed E-state index contributed by atoms with van der Waals surface area (Å²) < 4.78 is 5.01. The van der Waals surface area contributed by atoms with E-state index in [1.54, 1.807) is 12.1 Å². The van der Waals surface area contributed by atoms with Gasteiger partial charge in [-0.3, -0.25) is 9.59 Å². The second kappa shape index (κ2) is 10.6. The van der Waals surface area contributed by atoms with Crippen LogP contribution in [-0.2, 0) is 14.3 Å². The molecule has 1 aromatic carbocycles. The molecule has 0 radical (unpaired) electrons. The quantitative estimate of drug-likeness (QED) is 0.698. The lowest BCUT2D eigenvalue weighted by Crippen LogP contribution is -2.38. The van der Waals surface area contributed by atoms with Crippen LogP contribution in [0.4, 0.5) is 0 Å². The largest absolute Gasteiger partial charge is 0.452 e. The van der Waals surface area contributed by atoms with Gasteiger partial charge in [0.25, 0.3) is 5.91 Å². The van der Waals surface area contributed by atoms with Gasteiger partial charge in [0, 0.05) is 6.54 Å². The van der Waals surface area contributed by atoms with Crippen molar-refractivity contribution < 1.29 is 19.1 Å². The number of hydrogen-bond acceptors (Lipinski definition) is 4. The Morgan fingerprint density at radius 1 is 1.00 bits per heavy atom. The number of carbonyl (C=O) groups excluding carboxylic acids is 3. The van der Waals surface area contributed by atoms with Crippen molar-refractivity contribution in [2.75, 3.05) is 19.7 Å². The molecule has 2 N–H and O–H groups in total. The topological polar surface area (TPSA) is 84.5 Å². The molecule has 1 aliphatic carbocycles. The summed E-state index contributed by atoms with van der Waals surface area (Å²) in [6.07, 6.45) is 7.08. The van der Waals surface area contributed by atoms with Crippen molar-refractivity contribution in [3.05, 3.63) is 35.4 Å². The minimum atomic E-state index is -0.536. The molecule has 6 heteroatoms. The molecule has 0 spiro atoms. The maximum absolute atomic E-state index is 12.0. The molecule has 1 fully saturated rings. The van der Waals surface area contributed by atoms with Gasteiger partial charge in [-0.25, -0.2) is 4.79 Å². The minimum absolute atomic E-state index is 0.119. The first-order valence-electron chi connectivity index (χ1n) is 9.40. The molecule has 2 rings (SSSR count). The van der Waals surface area contributed by atoms with Gasteiger partial charge in [-0.2, -0.15) is 0 Å². The summed E-state index contributed by atoms with van der Waals surface area (Å²) in [5.74, 6) is -0.710. The number of esters is 1. The van der Waals surface area contributed by atoms with Crippen LogP contribution in [0.1, 0.15) is 67.3 Å². The zero-order chi connectivity index (χ0) is 18.8. The van der Waals surface area contributed by atoms with E-state index in [0.717, 1.165) is 6.42 Å². The number of amides is 2. The number of nitrogens with one attached hydrogen (secondary N) is 2. The Bertz CT molecular complexity index is 607. The molecule has 26 heavy (non-hydrogen) atoms. The summed E-state index contributed by atoms with van der Waals surface area (Å²) in [5.41, 5.74) is 1.69. The second-order valence-corrected chi connectivity index (χ2v) is 6.66. The average Bonchev–Trinajstić information content (AvgIpc) is 2.69. The molecule has 0 bridgehead atoms. The maximum Gasteiger partial charge on any atom is 0.338 e. The van der Waals surface area contributed by atoms with E-state index in [2.05, 4.69) is 10.6 Å². The molecule has 0 unspecified atom stereocenters. The van der Waals surface area contributed by atoms with Crippen molar-refractivity contribution in [3.8, 4) is 0 Å². The Hall–Kier alpha value is -2.37. The van der Waals surface area contributed by atoms with Crippen molar-refractivity contribution in [3.63, 3.8) is 0 Å². The molecular formula is C20H28N2O4. The predicted octanol–water partition coefficient (Wildman–Crippen LogP) is 2.53. The second-order valence-electron chi connectivity index (χ2n) is 6.66. The van der Waals surface area contributed by atoms with Crippen molar-refractivity contribution in [1.29, 1.82) is 0 Å². The van der Waals surface area contributed by atoms with E-state index in [-0.39, 0.29) is 12.5 Å². The van der Waals surface area contributed by atoms with Gasteiger partial charge in [0.15, 0.2) is 6.61 Å². The van der Waals surface area contributed by atoms with Crippen molar-refractivity contribution >= 4 is 17.8 Å². The molecule has 1 aromatic rings. The number of rotatable bonds is 8. The first-order valence-corrected chi connectivity index (χ1v) is 9.40. The lowest BCUT2D eigenvalue weighted by atomic mass is 9.84. The van der Waals surface area contributed by atoms with Crippen molar-refractivity contribution in [2.45, 2.75) is 51.4 Å². The molecule has 0 aliphatic heterocycles. The Morgan fingerprint density at radius 2 is 1.69 bits per heavy atom. The monoisotopic (exact) mass is 360 g/mol. The van der Waals surface area contributed by atoms with E-state index in [0.29, 0.717) is 18.0 Å². The highest BCUT2D eigenvalue weighted by atomic mass is 16.5. The number of carbonyl (C=O) groups is 3. The van der Waals surface area contributed by atoms with Gasteiger partial charge >= 0.3 is 5.97 Å². The fourth-order valence-corrected chi connectivity index (χ4v) is 3.10. The van der Waals surface area contributed by atoms with Gasteiger partial charge in [-0.05, 0) is 42.9 Å². The molecule has 0 atom stereocenters. The van der Waals surface area contributed by atoms with Gasteiger partial charge in [-0.15, -0.1) is 0 Å². The average molecular weight is 360 g/mol. The summed E-state index contributed by atoms with van der Waals surface area (Å²) in [7, 11) is 0. The molecule has 0 heterocycles. The van der Waals surface area contributed by atoms with Crippen molar-refractivity contribution in [2.24, 2.45) is 0 Å². The Kier molecular flexibility index (Phi) is 8.12. The zero-order valence-electron chi connectivity index (χ0n) is 15.4. The Morgan fingerprint density at radius 3 is 2.35 bits per heavy atom. The third-order valence-electron chi connectivity index (χ3n) is 4.58. The predicted molar refractivity (Wildman–Crippen MR) is 98.9 cm³/mol. The lowest BCUT2D eigenvalue weighted by molar-refractivity contribution is -0.127. The zero-order valence-corrected chi connectivity index (χ0v) is 15.4. The molecule has 2 amide bonds. The van der Waals surface area contributed by atoms with Crippen LogP contribution in [0, 0.1) is 0 Å². The summed E-state index contributed by atoms with van der Waals surface area (Å²) in [5, 5.41) is 5.07. The molecule has 0 aromatic heterocycles. The number of hydrogen-bond donors (Lipinski definition) is 2. The van der Waals surface area contributed by atoms with Crippen LogP contribution < -0.4 is 10.6 Å². The Labute approximate surface area is 154 Å². The molecular weight excluding hydrogens is 332 g/mol. The smallest absolute Gasteiger partial charge is 0.338 e. The van der Waals surface area contributed by atoms with E-state index >= 15 is 0 Å². The molecule has 0 saturated heterocycles. The highest BCUT2D eigenvalue weighted by molar-refractivity contribution is 5.92. The Balaban J connectivity index is 1.73. The number of benzene rings is 1. The maximum atomic E-state index is 12.0. The van der Waals surface area contributed by atoms with Gasteiger partial charge in [0.2, 0.25) is 5.91 Å². The summed E-state index contributed by atoms with van der Waals surface area (Å²) in [6.45, 7) is 2.00. The fourth-order valence-electron chi connectivity index (χ4n) is 3.10. The van der Waals surface area contributed by atoms with E-state index in [1.807, 2.05) is 19.1 Å². The van der Waals surface area contributed by atoms with Crippen LogP contribution in [-0.4, -0.2) is 37.5 Å². The van der Waals surface area contributed by atoms with Crippen LogP contribution in [0.5, 0.6) is 0 Å². The normalized spacial score (nSPS) is 14.5. The van der Waals surface area contributed by atoms with E-state index < -0.39 is 18.5 Å². The molecule has 6 nitrogen and oxygen atoms in total. The molecule has 142 valence electrons. The van der Waals surface area contributed by atoms with Gasteiger partial charge in [0.1, 0.15) is 0 Å². The summed E-state index contributed by atoms with van der Waals surface area (Å²) >= 11 is 0. The SMILES string of the molecule is CCCNC(=O)CNC(=O)COC(=O)c1ccc(C2CCCCC2)cc1. The molecule has 1 saturated carbocycles. The minimum Gasteiger partial charge on any atom is -0.452 e. The third-order valence-corrected chi connectivity index (χ3v) is 4.58. The van der Waals surface area contributed by atoms with Crippen LogP contribution in [0.25, 0.3) is 0 Å². The summed E-state index contributed by atoms with van der Waals surface area (Å²) in [4.78, 5) is 35.1. The highest BCUT2D eigenvalue weighted by Gasteiger charge is 2.16. The van der Waals surface area contributed by atoms with Crippen LogP contribution >= 0.6 is 0 Å². The van der Waals surface area contributed by atoms with Gasteiger partial charge < -0.3 is 15.4 Å². The van der Waals surface area contributed by atoms with Gasteiger partial charge in [-0.1, -0.05) is 38.3 Å². The van der Waals surface area contributed by atoms with Crippen LogP contribution in [0.15, 0.2) is 24.3 Å². The summed E-state index contributed by atoms with van der Waals surface area (Å²) in [6, 6.07) is 7.46. The standard InChI is InChI=1S/C20H28N2O4/c1-2-12-21-18(23)13-22-19(24)14-26-20(25)17-10-8-16(9-11-17)15-6-4-3-5-7-15/h8-11,15H,2-7,12-14H2,1H3,(H,21,23)(H,22,24). The van der Waals surface area contributed by atoms with Gasteiger partial charge in [0.05, 0.1) is 12.1 Å². The third kappa shape index (κ3) is 6.50. The van der Waals surface area contributed by atoms with E-state index in [1.165, 1.54) is 37.7 Å². The highest BCUT2D eigenvalue weighted by Crippen LogP contribution is 2.32.